The Morgan fingerprint density at radius 3 is 2.24 bits per heavy atom. The fraction of sp³-hybridized carbons (Fsp3) is 0.286. The summed E-state index contributed by atoms with van der Waals surface area (Å²) in [6.07, 6.45) is 1.16. The molecule has 0 unspecified atom stereocenters. The number of anilines is 1. The molecule has 0 aliphatic heterocycles. The van der Waals surface area contributed by atoms with Crippen LogP contribution in [0.4, 0.5) is 5.69 Å². The molecular formula is C21H22Cl2N2O4. The maximum atomic E-state index is 12.2. The molecule has 154 valence electrons. The fourth-order valence-corrected chi connectivity index (χ4v) is 2.92. The van der Waals surface area contributed by atoms with Crippen molar-refractivity contribution >= 4 is 46.5 Å². The van der Waals surface area contributed by atoms with E-state index in [9.17, 15) is 14.4 Å². The first-order valence-electron chi connectivity index (χ1n) is 8.95. The standard InChI is InChI=1S/C21H22Cl2N2O4/c1-14(26)6-7-15-8-10-16(11-9-15)29-13-20(28)25(2)12-19(27)24-21-17(22)4-3-5-18(21)23/h3-5,8-11H,6-7,12-13H2,1-2H3,(H,24,27). The highest BCUT2D eigenvalue weighted by molar-refractivity contribution is 6.39. The number of para-hydroxylation sites is 1. The molecular weight excluding hydrogens is 415 g/mol. The van der Waals surface area contributed by atoms with Crippen molar-refractivity contribution in [2.45, 2.75) is 19.8 Å². The minimum absolute atomic E-state index is 0.139. The summed E-state index contributed by atoms with van der Waals surface area (Å²) in [5, 5.41) is 3.23. The minimum atomic E-state index is -0.425. The van der Waals surface area contributed by atoms with E-state index in [2.05, 4.69) is 5.32 Å². The molecule has 1 N–H and O–H groups in total. The number of aryl methyl sites for hydroxylation is 1. The minimum Gasteiger partial charge on any atom is -0.484 e. The van der Waals surface area contributed by atoms with Crippen LogP contribution in [0.3, 0.4) is 0 Å². The number of hydrogen-bond acceptors (Lipinski definition) is 4. The van der Waals surface area contributed by atoms with Gasteiger partial charge in [-0.05, 0) is 43.2 Å². The lowest BCUT2D eigenvalue weighted by molar-refractivity contribution is -0.135. The normalized spacial score (nSPS) is 10.3. The molecule has 2 amide bonds. The number of ketones is 1. The first kappa shape index (κ1) is 22.7. The highest BCUT2D eigenvalue weighted by atomic mass is 35.5. The average molecular weight is 437 g/mol. The lowest BCUT2D eigenvalue weighted by atomic mass is 10.1. The molecule has 2 aromatic carbocycles. The molecule has 0 saturated heterocycles. The van der Waals surface area contributed by atoms with Crippen molar-refractivity contribution in [1.82, 2.24) is 4.90 Å². The van der Waals surface area contributed by atoms with Crippen molar-refractivity contribution in [2.24, 2.45) is 0 Å². The zero-order valence-corrected chi connectivity index (χ0v) is 17.7. The van der Waals surface area contributed by atoms with Crippen LogP contribution in [0.25, 0.3) is 0 Å². The summed E-state index contributed by atoms with van der Waals surface area (Å²) >= 11 is 12.0. The number of likely N-dealkylation sites (N-methyl/N-ethyl adjacent to an activating group) is 1. The van der Waals surface area contributed by atoms with Crippen molar-refractivity contribution in [2.75, 3.05) is 25.5 Å². The van der Waals surface area contributed by atoms with Gasteiger partial charge in [0.1, 0.15) is 11.5 Å². The van der Waals surface area contributed by atoms with E-state index in [4.69, 9.17) is 27.9 Å². The molecule has 0 aliphatic carbocycles. The number of amides is 2. The van der Waals surface area contributed by atoms with Gasteiger partial charge >= 0.3 is 0 Å². The summed E-state index contributed by atoms with van der Waals surface area (Å²) in [4.78, 5) is 36.7. The van der Waals surface area contributed by atoms with Gasteiger partial charge in [0.2, 0.25) is 5.91 Å². The van der Waals surface area contributed by atoms with Crippen LogP contribution in [0.15, 0.2) is 42.5 Å². The lowest BCUT2D eigenvalue weighted by Gasteiger charge is -2.18. The average Bonchev–Trinajstić information content (AvgIpc) is 2.68. The number of ether oxygens (including phenoxy) is 1. The molecule has 0 radical (unpaired) electrons. The van der Waals surface area contributed by atoms with Crippen molar-refractivity contribution in [3.05, 3.63) is 58.1 Å². The van der Waals surface area contributed by atoms with E-state index in [-0.39, 0.29) is 24.8 Å². The van der Waals surface area contributed by atoms with Crippen LogP contribution < -0.4 is 10.1 Å². The quantitative estimate of drug-likeness (QED) is 0.644. The van der Waals surface area contributed by atoms with Crippen LogP contribution in [0.2, 0.25) is 10.0 Å². The predicted octanol–water partition coefficient (Wildman–Crippen LogP) is 3.99. The third kappa shape index (κ3) is 7.40. The van der Waals surface area contributed by atoms with Gasteiger partial charge in [0.05, 0.1) is 22.3 Å². The molecule has 0 aliphatic rings. The van der Waals surface area contributed by atoms with E-state index in [0.717, 1.165) is 5.56 Å². The summed E-state index contributed by atoms with van der Waals surface area (Å²) in [6, 6.07) is 12.1. The van der Waals surface area contributed by atoms with Crippen LogP contribution in [0.5, 0.6) is 5.75 Å². The molecule has 0 atom stereocenters. The second kappa shape index (κ2) is 10.8. The maximum absolute atomic E-state index is 12.2. The fourth-order valence-electron chi connectivity index (χ4n) is 2.43. The number of Topliss-reactive ketones (excluding diaryl/α,β-unsaturated/α-hetero) is 1. The Balaban J connectivity index is 1.81. The van der Waals surface area contributed by atoms with Gasteiger partial charge in [0.15, 0.2) is 6.61 Å². The number of benzene rings is 2. The number of nitrogens with one attached hydrogen (secondary N) is 1. The third-order valence-electron chi connectivity index (χ3n) is 4.09. The van der Waals surface area contributed by atoms with Crippen LogP contribution in [-0.4, -0.2) is 42.7 Å². The Kier molecular flexibility index (Phi) is 8.49. The first-order valence-corrected chi connectivity index (χ1v) is 9.71. The molecule has 0 fully saturated rings. The Hall–Kier alpha value is -2.57. The maximum Gasteiger partial charge on any atom is 0.260 e. The molecule has 0 aromatic heterocycles. The molecule has 0 bridgehead atoms. The van der Waals surface area contributed by atoms with Gasteiger partial charge in [-0.15, -0.1) is 0 Å². The molecule has 0 spiro atoms. The number of carbonyl (C=O) groups excluding carboxylic acids is 3. The lowest BCUT2D eigenvalue weighted by Crippen LogP contribution is -2.37. The summed E-state index contributed by atoms with van der Waals surface area (Å²) in [5.74, 6) is -0.109. The molecule has 0 saturated carbocycles. The van der Waals surface area contributed by atoms with Gasteiger partial charge in [0.25, 0.3) is 5.91 Å². The topological polar surface area (TPSA) is 75.7 Å². The molecule has 2 aromatic rings. The zero-order chi connectivity index (χ0) is 21.4. The highest BCUT2D eigenvalue weighted by Gasteiger charge is 2.16. The Morgan fingerprint density at radius 2 is 1.66 bits per heavy atom. The van der Waals surface area contributed by atoms with Crippen LogP contribution in [0, 0.1) is 0 Å². The van der Waals surface area contributed by atoms with Gasteiger partial charge < -0.3 is 19.7 Å². The predicted molar refractivity (Wildman–Crippen MR) is 114 cm³/mol. The number of hydrogen-bond donors (Lipinski definition) is 1. The smallest absolute Gasteiger partial charge is 0.260 e. The summed E-state index contributed by atoms with van der Waals surface area (Å²) in [6.45, 7) is 1.18. The van der Waals surface area contributed by atoms with E-state index in [1.165, 1.54) is 11.9 Å². The van der Waals surface area contributed by atoms with Gasteiger partial charge in [-0.25, -0.2) is 0 Å². The number of carbonyl (C=O) groups is 3. The number of nitrogens with zero attached hydrogens (tertiary/aromatic N) is 1. The molecule has 6 nitrogen and oxygen atoms in total. The highest BCUT2D eigenvalue weighted by Crippen LogP contribution is 2.29. The molecule has 0 heterocycles. The Morgan fingerprint density at radius 1 is 1.03 bits per heavy atom. The van der Waals surface area contributed by atoms with E-state index >= 15 is 0 Å². The SMILES string of the molecule is CC(=O)CCc1ccc(OCC(=O)N(C)CC(=O)Nc2c(Cl)cccc2Cl)cc1. The van der Waals surface area contributed by atoms with Crippen LogP contribution in [-0.2, 0) is 20.8 Å². The van der Waals surface area contributed by atoms with E-state index in [1.54, 1.807) is 37.3 Å². The molecule has 29 heavy (non-hydrogen) atoms. The number of halogens is 2. The Bertz CT molecular complexity index is 864. The van der Waals surface area contributed by atoms with Crippen LogP contribution in [0.1, 0.15) is 18.9 Å². The summed E-state index contributed by atoms with van der Waals surface area (Å²) in [5.41, 5.74) is 1.33. The molecule has 2 rings (SSSR count). The summed E-state index contributed by atoms with van der Waals surface area (Å²) < 4.78 is 5.48. The van der Waals surface area contributed by atoms with E-state index in [0.29, 0.717) is 34.3 Å². The second-order valence-corrected chi connectivity index (χ2v) is 7.34. The van der Waals surface area contributed by atoms with E-state index in [1.807, 2.05) is 12.1 Å². The van der Waals surface area contributed by atoms with E-state index < -0.39 is 5.91 Å². The van der Waals surface area contributed by atoms with Crippen molar-refractivity contribution in [3.8, 4) is 5.75 Å². The first-order chi connectivity index (χ1) is 13.8. The second-order valence-electron chi connectivity index (χ2n) is 6.53. The molecule has 8 heteroatoms. The zero-order valence-electron chi connectivity index (χ0n) is 16.2. The number of rotatable bonds is 9. The van der Waals surface area contributed by atoms with Gasteiger partial charge in [-0.3, -0.25) is 9.59 Å². The van der Waals surface area contributed by atoms with Crippen molar-refractivity contribution < 1.29 is 19.1 Å². The van der Waals surface area contributed by atoms with Crippen molar-refractivity contribution in [3.63, 3.8) is 0 Å². The van der Waals surface area contributed by atoms with Crippen LogP contribution >= 0.6 is 23.2 Å². The van der Waals surface area contributed by atoms with Gasteiger partial charge in [-0.2, -0.15) is 0 Å². The summed E-state index contributed by atoms with van der Waals surface area (Å²) in [7, 11) is 1.50. The van der Waals surface area contributed by atoms with Crippen molar-refractivity contribution in [1.29, 1.82) is 0 Å². The van der Waals surface area contributed by atoms with Gasteiger partial charge in [0, 0.05) is 13.5 Å². The largest absolute Gasteiger partial charge is 0.484 e. The Labute approximate surface area is 179 Å². The monoisotopic (exact) mass is 436 g/mol. The van der Waals surface area contributed by atoms with Gasteiger partial charge in [-0.1, -0.05) is 41.4 Å². The third-order valence-corrected chi connectivity index (χ3v) is 4.72.